The third-order valence-corrected chi connectivity index (χ3v) is 4.98. The normalized spacial score (nSPS) is 10.8. The second kappa shape index (κ2) is 8.02. The number of carbonyl (C=O) groups is 1. The van der Waals surface area contributed by atoms with E-state index >= 15 is 0 Å². The highest BCUT2D eigenvalue weighted by Crippen LogP contribution is 2.36. The number of aryl methyl sites for hydroxylation is 2. The molecule has 7 heteroatoms. The fourth-order valence-electron chi connectivity index (χ4n) is 3.35. The molecule has 7 nitrogen and oxygen atoms in total. The van der Waals surface area contributed by atoms with E-state index in [-0.39, 0.29) is 17.5 Å². The second-order valence-corrected chi connectivity index (χ2v) is 7.20. The molecule has 0 unspecified atom stereocenters. The number of phenolic OH excluding ortho intramolecular Hbond substituents is 1. The number of hydrogen-bond acceptors (Lipinski definition) is 6. The maximum absolute atomic E-state index is 12.8. The Kier molecular flexibility index (Phi) is 5.25. The molecule has 0 aliphatic carbocycles. The molecule has 3 aromatic carbocycles. The number of nitrogens with one attached hydrogen (secondary N) is 1. The van der Waals surface area contributed by atoms with Crippen molar-refractivity contribution in [3.63, 3.8) is 0 Å². The van der Waals surface area contributed by atoms with E-state index in [2.05, 4.69) is 10.3 Å². The van der Waals surface area contributed by atoms with Crippen LogP contribution in [0.3, 0.4) is 0 Å². The molecular weight excluding hydrogens is 396 g/mol. The number of oxazole rings is 1. The molecule has 31 heavy (non-hydrogen) atoms. The number of rotatable bonds is 5. The zero-order valence-electron chi connectivity index (χ0n) is 17.6. The average Bonchev–Trinajstić information content (AvgIpc) is 3.18. The van der Waals surface area contributed by atoms with Crippen molar-refractivity contribution in [1.82, 2.24) is 4.98 Å². The molecule has 0 aliphatic heterocycles. The van der Waals surface area contributed by atoms with Gasteiger partial charge in [0.1, 0.15) is 11.3 Å². The van der Waals surface area contributed by atoms with Crippen molar-refractivity contribution in [1.29, 1.82) is 0 Å². The van der Waals surface area contributed by atoms with Crippen molar-refractivity contribution in [3.8, 4) is 28.7 Å². The van der Waals surface area contributed by atoms with E-state index in [9.17, 15) is 9.90 Å². The molecule has 1 amide bonds. The summed E-state index contributed by atoms with van der Waals surface area (Å²) in [5.74, 6) is 0.994. The molecule has 4 rings (SSSR count). The van der Waals surface area contributed by atoms with Crippen LogP contribution in [-0.4, -0.2) is 30.2 Å². The fraction of sp³-hybridized carbons (Fsp3) is 0.167. The zero-order chi connectivity index (χ0) is 22.1. The van der Waals surface area contributed by atoms with Gasteiger partial charge in [0.25, 0.3) is 5.91 Å². The number of benzene rings is 3. The molecule has 158 valence electrons. The van der Waals surface area contributed by atoms with Crippen molar-refractivity contribution >= 4 is 22.7 Å². The number of amides is 1. The fourth-order valence-corrected chi connectivity index (χ4v) is 3.35. The van der Waals surface area contributed by atoms with Crippen LogP contribution in [0.15, 0.2) is 52.9 Å². The number of phenols is 1. The van der Waals surface area contributed by atoms with Gasteiger partial charge in [0.2, 0.25) is 5.89 Å². The van der Waals surface area contributed by atoms with E-state index < -0.39 is 0 Å². The van der Waals surface area contributed by atoms with Crippen molar-refractivity contribution in [2.45, 2.75) is 13.8 Å². The smallest absolute Gasteiger partial charge is 0.255 e. The first kappa shape index (κ1) is 20.3. The summed E-state index contributed by atoms with van der Waals surface area (Å²) >= 11 is 0. The van der Waals surface area contributed by atoms with Crippen LogP contribution < -0.4 is 14.8 Å². The third kappa shape index (κ3) is 3.90. The third-order valence-electron chi connectivity index (χ3n) is 4.98. The summed E-state index contributed by atoms with van der Waals surface area (Å²) in [5.41, 5.74) is 4.27. The monoisotopic (exact) mass is 418 g/mol. The lowest BCUT2D eigenvalue weighted by molar-refractivity contribution is 0.102. The molecule has 0 radical (unpaired) electrons. The Morgan fingerprint density at radius 3 is 2.52 bits per heavy atom. The lowest BCUT2D eigenvalue weighted by Crippen LogP contribution is -2.12. The SMILES string of the molecule is COc1ccc(C(=O)Nc2cc(C)c(O)c(-c3nc4cc(C)ccc4o3)c2)cc1OC. The van der Waals surface area contributed by atoms with Crippen LogP contribution in [0.4, 0.5) is 5.69 Å². The van der Waals surface area contributed by atoms with Gasteiger partial charge in [0.05, 0.1) is 19.8 Å². The van der Waals surface area contributed by atoms with Crippen molar-refractivity contribution in [3.05, 3.63) is 65.2 Å². The van der Waals surface area contributed by atoms with Gasteiger partial charge in [-0.1, -0.05) is 6.07 Å². The summed E-state index contributed by atoms with van der Waals surface area (Å²) in [4.78, 5) is 17.3. The summed E-state index contributed by atoms with van der Waals surface area (Å²) in [6.45, 7) is 3.72. The van der Waals surface area contributed by atoms with Crippen LogP contribution >= 0.6 is 0 Å². The Balaban J connectivity index is 1.68. The highest BCUT2D eigenvalue weighted by atomic mass is 16.5. The van der Waals surface area contributed by atoms with Gasteiger partial charge in [-0.25, -0.2) is 4.98 Å². The van der Waals surface area contributed by atoms with Crippen LogP contribution in [-0.2, 0) is 0 Å². The Morgan fingerprint density at radius 1 is 1.00 bits per heavy atom. The lowest BCUT2D eigenvalue weighted by Gasteiger charge is -2.12. The minimum atomic E-state index is -0.329. The predicted octanol–water partition coefficient (Wildman–Crippen LogP) is 5.09. The number of methoxy groups -OCH3 is 2. The molecule has 0 saturated heterocycles. The van der Waals surface area contributed by atoms with Crippen LogP contribution in [0.25, 0.3) is 22.6 Å². The number of nitrogens with zero attached hydrogens (tertiary/aromatic N) is 1. The van der Waals surface area contributed by atoms with Gasteiger partial charge in [-0.2, -0.15) is 0 Å². The molecule has 0 saturated carbocycles. The van der Waals surface area contributed by atoms with Gasteiger partial charge in [-0.05, 0) is 67.4 Å². The summed E-state index contributed by atoms with van der Waals surface area (Å²) < 4.78 is 16.3. The topological polar surface area (TPSA) is 93.8 Å². The minimum Gasteiger partial charge on any atom is -0.507 e. The summed E-state index contributed by atoms with van der Waals surface area (Å²) in [6, 6.07) is 13.9. The van der Waals surface area contributed by atoms with E-state index in [1.54, 1.807) is 37.3 Å². The number of aromatic hydroxyl groups is 1. The second-order valence-electron chi connectivity index (χ2n) is 7.20. The van der Waals surface area contributed by atoms with Gasteiger partial charge < -0.3 is 24.3 Å². The number of anilines is 1. The van der Waals surface area contributed by atoms with E-state index in [0.29, 0.717) is 45.0 Å². The Labute approximate surface area is 179 Å². The molecule has 0 atom stereocenters. The number of hydrogen-bond donors (Lipinski definition) is 2. The molecule has 0 bridgehead atoms. The standard InChI is InChI=1S/C24H22N2O5/c1-13-5-7-19-18(9-13)26-24(31-19)17-12-16(10-14(2)22(17)27)25-23(28)15-6-8-20(29-3)21(11-15)30-4/h5-12,27H,1-4H3,(H,25,28). The summed E-state index contributed by atoms with van der Waals surface area (Å²) in [6.07, 6.45) is 0. The first-order valence-corrected chi connectivity index (χ1v) is 9.64. The Morgan fingerprint density at radius 2 is 1.77 bits per heavy atom. The van der Waals surface area contributed by atoms with Gasteiger partial charge in [-0.3, -0.25) is 4.79 Å². The number of fused-ring (bicyclic) bond motifs is 1. The number of aromatic nitrogens is 1. The molecule has 0 spiro atoms. The first-order valence-electron chi connectivity index (χ1n) is 9.64. The number of carbonyl (C=O) groups excluding carboxylic acids is 1. The molecule has 1 aromatic heterocycles. The Hall–Kier alpha value is -4.00. The van der Waals surface area contributed by atoms with Crippen LogP contribution in [0.2, 0.25) is 0 Å². The lowest BCUT2D eigenvalue weighted by atomic mass is 10.1. The van der Waals surface area contributed by atoms with Gasteiger partial charge in [0.15, 0.2) is 17.1 Å². The minimum absolute atomic E-state index is 0.0485. The van der Waals surface area contributed by atoms with Crippen molar-refractivity contribution < 1.29 is 23.8 Å². The molecule has 0 fully saturated rings. The van der Waals surface area contributed by atoms with Crippen LogP contribution in [0.1, 0.15) is 21.5 Å². The van der Waals surface area contributed by atoms with Crippen LogP contribution in [0, 0.1) is 13.8 Å². The molecular formula is C24H22N2O5. The predicted molar refractivity (Wildman–Crippen MR) is 118 cm³/mol. The maximum Gasteiger partial charge on any atom is 0.255 e. The molecule has 2 N–H and O–H groups in total. The van der Waals surface area contributed by atoms with Gasteiger partial charge >= 0.3 is 0 Å². The van der Waals surface area contributed by atoms with Gasteiger partial charge in [0, 0.05) is 11.3 Å². The van der Waals surface area contributed by atoms with Crippen LogP contribution in [0.5, 0.6) is 17.2 Å². The highest BCUT2D eigenvalue weighted by Gasteiger charge is 2.17. The number of ether oxygens (including phenoxy) is 2. The van der Waals surface area contributed by atoms with E-state index in [1.165, 1.54) is 14.2 Å². The van der Waals surface area contributed by atoms with E-state index in [1.807, 2.05) is 25.1 Å². The van der Waals surface area contributed by atoms with E-state index in [0.717, 1.165) is 5.56 Å². The molecule has 0 aliphatic rings. The zero-order valence-corrected chi connectivity index (χ0v) is 17.6. The van der Waals surface area contributed by atoms with Crippen molar-refractivity contribution in [2.75, 3.05) is 19.5 Å². The molecule has 4 aromatic rings. The Bertz CT molecular complexity index is 1290. The highest BCUT2D eigenvalue weighted by molar-refractivity contribution is 6.05. The van der Waals surface area contributed by atoms with Gasteiger partial charge in [-0.15, -0.1) is 0 Å². The molecule has 1 heterocycles. The average molecular weight is 418 g/mol. The quantitative estimate of drug-likeness (QED) is 0.439. The van der Waals surface area contributed by atoms with Crippen molar-refractivity contribution in [2.24, 2.45) is 0 Å². The van der Waals surface area contributed by atoms with E-state index in [4.69, 9.17) is 13.9 Å². The maximum atomic E-state index is 12.8. The summed E-state index contributed by atoms with van der Waals surface area (Å²) in [7, 11) is 3.04. The first-order chi connectivity index (χ1) is 14.9. The summed E-state index contributed by atoms with van der Waals surface area (Å²) in [5, 5.41) is 13.4. The largest absolute Gasteiger partial charge is 0.507 e.